The van der Waals surface area contributed by atoms with Gasteiger partial charge in [-0.2, -0.15) is 0 Å². The number of benzene rings is 3. The first-order valence-corrected chi connectivity index (χ1v) is 9.68. The Labute approximate surface area is 179 Å². The molecular weight excluding hydrogens is 396 g/mol. The molecule has 0 bridgehead atoms. The van der Waals surface area contributed by atoms with Gasteiger partial charge in [0.05, 0.1) is 32.3 Å². The van der Waals surface area contributed by atoms with Gasteiger partial charge in [-0.15, -0.1) is 0 Å². The molecule has 6 nitrogen and oxygen atoms in total. The maximum absolute atomic E-state index is 13.3. The predicted octanol–water partition coefficient (Wildman–Crippen LogP) is 5.06. The summed E-state index contributed by atoms with van der Waals surface area (Å²) < 4.78 is 28.1. The first kappa shape index (κ1) is 20.3. The van der Waals surface area contributed by atoms with E-state index in [1.54, 1.807) is 44.6 Å². The van der Waals surface area contributed by atoms with Crippen LogP contribution in [-0.4, -0.2) is 21.3 Å². The van der Waals surface area contributed by atoms with Gasteiger partial charge < -0.3 is 23.4 Å². The summed E-state index contributed by atoms with van der Waals surface area (Å²) in [6.07, 6.45) is 1.43. The first-order chi connectivity index (χ1) is 15.2. The summed E-state index contributed by atoms with van der Waals surface area (Å²) in [5.74, 6) is 1.93. The van der Waals surface area contributed by atoms with E-state index in [0.717, 1.165) is 5.56 Å². The van der Waals surface area contributed by atoms with Gasteiger partial charge in [-0.1, -0.05) is 30.3 Å². The monoisotopic (exact) mass is 418 g/mol. The van der Waals surface area contributed by atoms with E-state index in [4.69, 9.17) is 23.4 Å². The van der Waals surface area contributed by atoms with Gasteiger partial charge in [0.25, 0.3) is 0 Å². The van der Waals surface area contributed by atoms with Crippen LogP contribution < -0.4 is 24.4 Å². The van der Waals surface area contributed by atoms with Crippen molar-refractivity contribution in [3.63, 3.8) is 0 Å². The molecule has 0 unspecified atom stereocenters. The largest absolute Gasteiger partial charge is 0.497 e. The number of fused-ring (bicyclic) bond motifs is 1. The normalized spacial score (nSPS) is 10.7. The molecule has 6 heteroatoms. The van der Waals surface area contributed by atoms with Crippen molar-refractivity contribution in [1.82, 2.24) is 0 Å². The summed E-state index contributed by atoms with van der Waals surface area (Å²) in [6.45, 7) is 0.299. The molecule has 0 saturated carbocycles. The van der Waals surface area contributed by atoms with E-state index in [9.17, 15) is 4.79 Å². The van der Waals surface area contributed by atoms with Crippen molar-refractivity contribution < 1.29 is 23.4 Å². The maximum atomic E-state index is 13.3. The average molecular weight is 418 g/mol. The van der Waals surface area contributed by atoms with Crippen molar-refractivity contribution in [1.29, 1.82) is 0 Å². The van der Waals surface area contributed by atoms with Crippen molar-refractivity contribution in [3.8, 4) is 34.1 Å². The van der Waals surface area contributed by atoms with Crippen molar-refractivity contribution >= 4 is 11.0 Å². The molecule has 0 saturated heterocycles. The predicted molar refractivity (Wildman–Crippen MR) is 118 cm³/mol. The van der Waals surface area contributed by atoms with Crippen LogP contribution in [0.1, 0.15) is 5.56 Å². The van der Waals surface area contributed by atoms with Gasteiger partial charge in [-0.3, -0.25) is 4.79 Å². The minimum atomic E-state index is -0.180. The van der Waals surface area contributed by atoms with Crippen molar-refractivity contribution in [2.45, 2.75) is 6.61 Å². The van der Waals surface area contributed by atoms with E-state index in [2.05, 4.69) is 0 Å². The second-order valence-corrected chi connectivity index (χ2v) is 6.79. The molecule has 1 heterocycles. The van der Waals surface area contributed by atoms with E-state index in [1.165, 1.54) is 13.4 Å². The second kappa shape index (κ2) is 8.83. The zero-order valence-electron chi connectivity index (χ0n) is 17.5. The summed E-state index contributed by atoms with van der Waals surface area (Å²) in [6, 6.07) is 18.3. The van der Waals surface area contributed by atoms with E-state index < -0.39 is 0 Å². The molecule has 4 rings (SSSR count). The lowest BCUT2D eigenvalue weighted by Crippen LogP contribution is -2.07. The minimum absolute atomic E-state index is 0.180. The molecule has 1 aromatic heterocycles. The first-order valence-electron chi connectivity index (χ1n) is 9.68. The fourth-order valence-electron chi connectivity index (χ4n) is 3.41. The molecule has 31 heavy (non-hydrogen) atoms. The van der Waals surface area contributed by atoms with Gasteiger partial charge in [-0.25, -0.2) is 0 Å². The highest BCUT2D eigenvalue weighted by atomic mass is 16.5. The average Bonchev–Trinajstić information content (AvgIpc) is 2.82. The smallest absolute Gasteiger partial charge is 0.203 e. The van der Waals surface area contributed by atoms with Crippen LogP contribution in [0.3, 0.4) is 0 Å². The maximum Gasteiger partial charge on any atom is 0.203 e. The van der Waals surface area contributed by atoms with Gasteiger partial charge in [0.1, 0.15) is 24.2 Å². The molecule has 0 aliphatic rings. The third kappa shape index (κ3) is 3.92. The molecule has 0 fully saturated rings. The van der Waals surface area contributed by atoms with Crippen LogP contribution in [0.4, 0.5) is 0 Å². The Balaban J connectivity index is 1.85. The molecule has 0 aliphatic carbocycles. The van der Waals surface area contributed by atoms with Gasteiger partial charge in [0, 0.05) is 11.6 Å². The highest BCUT2D eigenvalue weighted by Gasteiger charge is 2.21. The molecular formula is C25H22O6. The van der Waals surface area contributed by atoms with Gasteiger partial charge in [0.15, 0.2) is 11.5 Å². The zero-order valence-corrected chi connectivity index (χ0v) is 17.5. The summed E-state index contributed by atoms with van der Waals surface area (Å²) in [5.41, 5.74) is 2.17. The Morgan fingerprint density at radius 1 is 0.806 bits per heavy atom. The summed E-state index contributed by atoms with van der Waals surface area (Å²) in [4.78, 5) is 13.3. The van der Waals surface area contributed by atoms with Crippen molar-refractivity contribution in [2.75, 3.05) is 21.3 Å². The fourth-order valence-corrected chi connectivity index (χ4v) is 3.41. The molecule has 0 aliphatic heterocycles. The molecule has 0 amide bonds. The SMILES string of the molecule is COc1ccc2c(=O)c(-c3ccc(OC)c(OC)c3OCc3ccccc3)coc2c1. The number of hydrogen-bond acceptors (Lipinski definition) is 6. The van der Waals surface area contributed by atoms with Crippen LogP contribution in [-0.2, 0) is 6.61 Å². The van der Waals surface area contributed by atoms with E-state index in [0.29, 0.717) is 51.7 Å². The molecule has 0 spiro atoms. The molecule has 4 aromatic rings. The van der Waals surface area contributed by atoms with Crippen LogP contribution in [0.15, 0.2) is 76.1 Å². The molecule has 3 aromatic carbocycles. The Kier molecular flexibility index (Phi) is 5.80. The van der Waals surface area contributed by atoms with Gasteiger partial charge >= 0.3 is 0 Å². The summed E-state index contributed by atoms with van der Waals surface area (Å²) in [7, 11) is 4.65. The lowest BCUT2D eigenvalue weighted by atomic mass is 10.0. The second-order valence-electron chi connectivity index (χ2n) is 6.79. The molecule has 0 N–H and O–H groups in total. The van der Waals surface area contributed by atoms with Gasteiger partial charge in [0.2, 0.25) is 11.2 Å². The Hall–Kier alpha value is -3.93. The summed E-state index contributed by atoms with van der Waals surface area (Å²) >= 11 is 0. The lowest BCUT2D eigenvalue weighted by Gasteiger charge is -2.17. The van der Waals surface area contributed by atoms with Gasteiger partial charge in [-0.05, 0) is 29.8 Å². The molecule has 158 valence electrons. The highest BCUT2D eigenvalue weighted by molar-refractivity contribution is 5.85. The lowest BCUT2D eigenvalue weighted by molar-refractivity contribution is 0.276. The van der Waals surface area contributed by atoms with E-state index >= 15 is 0 Å². The third-order valence-electron chi connectivity index (χ3n) is 5.00. The minimum Gasteiger partial charge on any atom is -0.497 e. The van der Waals surface area contributed by atoms with E-state index in [1.807, 2.05) is 30.3 Å². The fraction of sp³-hybridized carbons (Fsp3) is 0.160. The Morgan fingerprint density at radius 3 is 2.32 bits per heavy atom. The quantitative estimate of drug-likeness (QED) is 0.418. The number of methoxy groups -OCH3 is 3. The standard InChI is InChI=1S/C25H22O6/c1-27-17-9-10-19-22(13-17)30-15-20(23(19)26)18-11-12-21(28-2)25(29-3)24(18)31-14-16-7-5-4-6-8-16/h4-13,15H,14H2,1-3H3. The number of hydrogen-bond donors (Lipinski definition) is 0. The van der Waals surface area contributed by atoms with Crippen LogP contribution in [0, 0.1) is 0 Å². The van der Waals surface area contributed by atoms with Crippen molar-refractivity contribution in [2.24, 2.45) is 0 Å². The zero-order chi connectivity index (χ0) is 21.8. The molecule has 0 radical (unpaired) electrons. The Morgan fingerprint density at radius 2 is 1.61 bits per heavy atom. The van der Waals surface area contributed by atoms with Crippen LogP contribution >= 0.6 is 0 Å². The highest BCUT2D eigenvalue weighted by Crippen LogP contribution is 2.44. The van der Waals surface area contributed by atoms with Crippen molar-refractivity contribution in [3.05, 3.63) is 82.7 Å². The Bertz CT molecular complexity index is 1260. The molecule has 0 atom stereocenters. The topological polar surface area (TPSA) is 67.1 Å². The van der Waals surface area contributed by atoms with Crippen LogP contribution in [0.2, 0.25) is 0 Å². The number of rotatable bonds is 7. The van der Waals surface area contributed by atoms with Crippen LogP contribution in [0.25, 0.3) is 22.1 Å². The van der Waals surface area contributed by atoms with E-state index in [-0.39, 0.29) is 5.43 Å². The third-order valence-corrected chi connectivity index (χ3v) is 5.00. The van der Waals surface area contributed by atoms with Crippen LogP contribution in [0.5, 0.6) is 23.0 Å². The number of ether oxygens (including phenoxy) is 4. The summed E-state index contributed by atoms with van der Waals surface area (Å²) in [5, 5.41) is 0.446.